The van der Waals surface area contributed by atoms with Gasteiger partial charge in [0.25, 0.3) is 0 Å². The van der Waals surface area contributed by atoms with Gasteiger partial charge in [-0.25, -0.2) is 0 Å². The number of amides is 2. The first kappa shape index (κ1) is 14.4. The Morgan fingerprint density at radius 3 is 1.89 bits per heavy atom. The lowest BCUT2D eigenvalue weighted by molar-refractivity contribution is -0.139. The van der Waals surface area contributed by atoms with Gasteiger partial charge in [0, 0.05) is 33.9 Å². The van der Waals surface area contributed by atoms with E-state index in [0.29, 0.717) is 19.0 Å². The van der Waals surface area contributed by atoms with Gasteiger partial charge < -0.3 is 13.3 Å². The molecule has 2 atom stereocenters. The molecule has 0 radical (unpaired) electrons. The van der Waals surface area contributed by atoms with Crippen LogP contribution in [-0.2, 0) is 22.9 Å². The van der Waals surface area contributed by atoms with Crippen molar-refractivity contribution in [1.82, 2.24) is 4.90 Å². The highest BCUT2D eigenvalue weighted by Gasteiger charge is 2.49. The summed E-state index contributed by atoms with van der Waals surface area (Å²) in [5.41, 5.74) is 0. The van der Waals surface area contributed by atoms with E-state index in [1.165, 1.54) is 4.90 Å². The molecule has 1 saturated heterocycles. The van der Waals surface area contributed by atoms with E-state index in [-0.39, 0.29) is 23.7 Å². The van der Waals surface area contributed by atoms with Crippen LogP contribution in [0.2, 0.25) is 6.04 Å². The second-order valence-electron chi connectivity index (χ2n) is 4.66. The van der Waals surface area contributed by atoms with Gasteiger partial charge in [0.2, 0.25) is 11.8 Å². The van der Waals surface area contributed by atoms with E-state index in [0.717, 1.165) is 0 Å². The van der Waals surface area contributed by atoms with Crippen LogP contribution in [0.15, 0.2) is 12.2 Å². The van der Waals surface area contributed by atoms with E-state index in [9.17, 15) is 9.59 Å². The summed E-state index contributed by atoms with van der Waals surface area (Å²) in [5.74, 6) is -0.613. The Morgan fingerprint density at radius 1 is 1.05 bits per heavy atom. The molecule has 19 heavy (non-hydrogen) atoms. The van der Waals surface area contributed by atoms with Gasteiger partial charge in [-0.15, -0.1) is 0 Å². The van der Waals surface area contributed by atoms with Crippen LogP contribution in [0.1, 0.15) is 6.42 Å². The topological polar surface area (TPSA) is 65.1 Å². The molecule has 0 N–H and O–H groups in total. The van der Waals surface area contributed by atoms with Crippen molar-refractivity contribution in [2.75, 3.05) is 27.9 Å². The Morgan fingerprint density at radius 2 is 1.53 bits per heavy atom. The number of nitrogens with zero attached hydrogens (tertiary/aromatic N) is 1. The molecule has 2 aliphatic rings. The summed E-state index contributed by atoms with van der Waals surface area (Å²) in [6.07, 6.45) is 4.21. The monoisotopic (exact) mass is 285 g/mol. The van der Waals surface area contributed by atoms with Crippen LogP contribution in [0, 0.1) is 11.8 Å². The molecule has 1 heterocycles. The maximum Gasteiger partial charge on any atom is 0.500 e. The Labute approximate surface area is 113 Å². The van der Waals surface area contributed by atoms with Gasteiger partial charge in [0.05, 0.1) is 11.8 Å². The first-order chi connectivity index (χ1) is 9.08. The molecule has 1 fully saturated rings. The van der Waals surface area contributed by atoms with Crippen molar-refractivity contribution >= 4 is 20.6 Å². The minimum absolute atomic E-state index is 0.0861. The van der Waals surface area contributed by atoms with Crippen LogP contribution in [0.4, 0.5) is 0 Å². The maximum absolute atomic E-state index is 11.9. The third-order valence-electron chi connectivity index (χ3n) is 3.81. The third kappa shape index (κ3) is 2.38. The van der Waals surface area contributed by atoms with Crippen molar-refractivity contribution in [3.05, 3.63) is 12.2 Å². The number of fused-ring (bicyclic) bond motifs is 1. The van der Waals surface area contributed by atoms with E-state index in [2.05, 4.69) is 0 Å². The Hall–Kier alpha value is -1.02. The molecule has 0 aromatic rings. The SMILES string of the molecule is CO[Si](CCCN1C(=O)C2C=CC2C1=O)(OC)OC. The standard InChI is InChI=1S/C12H19NO5Si/c1-16-19(17-2,18-3)8-4-7-13-11(14)9-5-6-10(9)12(13)15/h5-6,9-10H,4,7-8H2,1-3H3. The zero-order chi connectivity index (χ0) is 14.0. The molecule has 1 aliphatic heterocycles. The molecule has 2 amide bonds. The fourth-order valence-electron chi connectivity index (χ4n) is 2.50. The van der Waals surface area contributed by atoms with Gasteiger partial charge in [-0.2, -0.15) is 0 Å². The molecule has 1 aliphatic carbocycles. The highest BCUT2D eigenvalue weighted by atomic mass is 28.4. The van der Waals surface area contributed by atoms with E-state index < -0.39 is 8.80 Å². The van der Waals surface area contributed by atoms with Crippen molar-refractivity contribution in [3.8, 4) is 0 Å². The quantitative estimate of drug-likeness (QED) is 0.385. The average Bonchev–Trinajstić information content (AvgIpc) is 2.53. The number of carbonyl (C=O) groups is 2. The summed E-state index contributed by atoms with van der Waals surface area (Å²) in [7, 11) is 2.04. The van der Waals surface area contributed by atoms with E-state index in [4.69, 9.17) is 13.3 Å². The van der Waals surface area contributed by atoms with Gasteiger partial charge in [-0.3, -0.25) is 14.5 Å². The van der Waals surface area contributed by atoms with Gasteiger partial charge in [-0.05, 0) is 6.42 Å². The Kier molecular flexibility index (Phi) is 4.19. The molecule has 0 aromatic heterocycles. The van der Waals surface area contributed by atoms with Crippen LogP contribution in [0.3, 0.4) is 0 Å². The molecule has 0 spiro atoms. The second-order valence-corrected chi connectivity index (χ2v) is 7.75. The maximum atomic E-state index is 11.9. The highest BCUT2D eigenvalue weighted by molar-refractivity contribution is 6.60. The fourth-order valence-corrected chi connectivity index (χ4v) is 4.21. The number of rotatable bonds is 7. The number of hydrogen-bond acceptors (Lipinski definition) is 5. The predicted octanol–water partition coefficient (Wildman–Crippen LogP) is 0.426. The number of hydrogen-bond donors (Lipinski definition) is 0. The normalized spacial score (nSPS) is 25.7. The lowest BCUT2D eigenvalue weighted by Gasteiger charge is -2.25. The van der Waals surface area contributed by atoms with Crippen molar-refractivity contribution < 1.29 is 22.9 Å². The van der Waals surface area contributed by atoms with Gasteiger partial charge in [0.15, 0.2) is 0 Å². The first-order valence-corrected chi connectivity index (χ1v) is 8.20. The van der Waals surface area contributed by atoms with Crippen LogP contribution in [-0.4, -0.2) is 53.4 Å². The van der Waals surface area contributed by atoms with E-state index in [1.807, 2.05) is 0 Å². The molecule has 6 nitrogen and oxygen atoms in total. The van der Waals surface area contributed by atoms with Crippen molar-refractivity contribution in [3.63, 3.8) is 0 Å². The molecule has 7 heteroatoms. The fraction of sp³-hybridized carbons (Fsp3) is 0.667. The van der Waals surface area contributed by atoms with Gasteiger partial charge in [-0.1, -0.05) is 12.2 Å². The van der Waals surface area contributed by atoms with Gasteiger partial charge >= 0.3 is 8.80 Å². The average molecular weight is 285 g/mol. The van der Waals surface area contributed by atoms with Crippen molar-refractivity contribution in [2.24, 2.45) is 11.8 Å². The zero-order valence-corrected chi connectivity index (χ0v) is 12.4. The minimum atomic E-state index is -2.62. The van der Waals surface area contributed by atoms with Crippen LogP contribution in [0.5, 0.6) is 0 Å². The van der Waals surface area contributed by atoms with Crippen LogP contribution >= 0.6 is 0 Å². The number of imide groups is 1. The van der Waals surface area contributed by atoms with Gasteiger partial charge in [0.1, 0.15) is 0 Å². The Balaban J connectivity index is 1.86. The second kappa shape index (κ2) is 5.54. The smallest absolute Gasteiger partial charge is 0.377 e. The molecule has 106 valence electrons. The number of likely N-dealkylation sites (tertiary alicyclic amines) is 1. The summed E-state index contributed by atoms with van der Waals surface area (Å²) in [4.78, 5) is 25.2. The molecular formula is C12H19NO5Si. The lowest BCUT2D eigenvalue weighted by Crippen LogP contribution is -2.43. The van der Waals surface area contributed by atoms with E-state index in [1.54, 1.807) is 33.5 Å². The molecule has 0 aromatic carbocycles. The molecule has 0 saturated carbocycles. The molecule has 2 unspecified atom stereocenters. The largest absolute Gasteiger partial charge is 0.500 e. The number of carbonyl (C=O) groups excluding carboxylic acids is 2. The summed E-state index contributed by atoms with van der Waals surface area (Å²) in [6.45, 7) is 0.400. The van der Waals surface area contributed by atoms with Crippen LogP contribution < -0.4 is 0 Å². The minimum Gasteiger partial charge on any atom is -0.377 e. The third-order valence-corrected chi connectivity index (χ3v) is 6.64. The van der Waals surface area contributed by atoms with E-state index >= 15 is 0 Å². The summed E-state index contributed by atoms with van der Waals surface area (Å²) in [6, 6.07) is 0.580. The van der Waals surface area contributed by atoms with Crippen molar-refractivity contribution in [2.45, 2.75) is 12.5 Å². The molecule has 0 bridgehead atoms. The van der Waals surface area contributed by atoms with Crippen LogP contribution in [0.25, 0.3) is 0 Å². The van der Waals surface area contributed by atoms with Crippen molar-refractivity contribution in [1.29, 1.82) is 0 Å². The summed E-state index contributed by atoms with van der Waals surface area (Å²) in [5, 5.41) is 0. The molecular weight excluding hydrogens is 266 g/mol. The summed E-state index contributed by atoms with van der Waals surface area (Å²) < 4.78 is 15.9. The first-order valence-electron chi connectivity index (χ1n) is 6.27. The zero-order valence-electron chi connectivity index (χ0n) is 11.4. The summed E-state index contributed by atoms with van der Waals surface area (Å²) >= 11 is 0. The molecule has 2 rings (SSSR count). The predicted molar refractivity (Wildman–Crippen MR) is 69.0 cm³/mol. The highest BCUT2D eigenvalue weighted by Crippen LogP contribution is 2.35. The Bertz CT molecular complexity index is 375. The lowest BCUT2D eigenvalue weighted by atomic mass is 9.85.